The summed E-state index contributed by atoms with van der Waals surface area (Å²) in [5, 5.41) is 20.1. The molecule has 9 nitrogen and oxygen atoms in total. The van der Waals surface area contributed by atoms with Crippen LogP contribution in [0.5, 0.6) is 5.75 Å². The van der Waals surface area contributed by atoms with Crippen molar-refractivity contribution in [3.8, 4) is 5.75 Å². The Hall–Kier alpha value is -2.53. The van der Waals surface area contributed by atoms with Crippen molar-refractivity contribution in [3.05, 3.63) is 101 Å². The van der Waals surface area contributed by atoms with Crippen LogP contribution >= 0.6 is 7.82 Å². The number of ether oxygens (including phenoxy) is 3. The van der Waals surface area contributed by atoms with E-state index < -0.39 is 37.7 Å². The number of benzene rings is 3. The molecule has 1 heterocycles. The maximum Gasteiger partial charge on any atom is 0.472 e. The summed E-state index contributed by atoms with van der Waals surface area (Å²) in [5.74, 6) is 0.659. The van der Waals surface area contributed by atoms with Gasteiger partial charge in [0.25, 0.3) is 0 Å². The Bertz CT molecular complexity index is 1180. The first-order valence-electron chi connectivity index (χ1n) is 11.9. The summed E-state index contributed by atoms with van der Waals surface area (Å²) < 4.78 is 39.6. The first-order valence-corrected chi connectivity index (χ1v) is 13.4. The van der Waals surface area contributed by atoms with E-state index in [0.29, 0.717) is 5.75 Å². The van der Waals surface area contributed by atoms with Gasteiger partial charge in [-0.05, 0) is 34.4 Å². The molecule has 1 aliphatic heterocycles. The molecule has 3 aromatic carbocycles. The van der Waals surface area contributed by atoms with Crippen molar-refractivity contribution in [2.75, 3.05) is 20.8 Å². The van der Waals surface area contributed by atoms with Gasteiger partial charge >= 0.3 is 7.82 Å². The van der Waals surface area contributed by atoms with E-state index in [1.165, 1.54) is 0 Å². The Kier molecular flexibility index (Phi) is 9.08. The number of aliphatic hydroxyl groups is 2. The topological polar surface area (TPSA) is 124 Å². The molecule has 0 amide bonds. The Morgan fingerprint density at radius 2 is 1.53 bits per heavy atom. The van der Waals surface area contributed by atoms with Gasteiger partial charge < -0.3 is 29.3 Å². The van der Waals surface area contributed by atoms with Crippen LogP contribution in [0.3, 0.4) is 0 Å². The lowest BCUT2D eigenvalue weighted by Gasteiger charge is -2.37. The second kappa shape index (κ2) is 12.1. The van der Waals surface area contributed by atoms with Crippen LogP contribution in [0.4, 0.5) is 0 Å². The van der Waals surface area contributed by atoms with E-state index in [0.717, 1.165) is 29.4 Å². The molecule has 11 heteroatoms. The third-order valence-electron chi connectivity index (χ3n) is 6.54. The van der Waals surface area contributed by atoms with Gasteiger partial charge in [0.15, 0.2) is 0 Å². The summed E-state index contributed by atoms with van der Waals surface area (Å²) in [5.41, 5.74) is 1.82. The minimum Gasteiger partial charge on any atom is -0.497 e. The molecule has 2 radical (unpaired) electrons. The molecule has 0 aliphatic carbocycles. The van der Waals surface area contributed by atoms with E-state index in [1.807, 2.05) is 66.7 Å². The molecule has 1 saturated heterocycles. The van der Waals surface area contributed by atoms with Crippen molar-refractivity contribution in [2.24, 2.45) is 0 Å². The van der Waals surface area contributed by atoms with Crippen LogP contribution in [0.15, 0.2) is 78.9 Å². The van der Waals surface area contributed by atoms with Gasteiger partial charge in [0.2, 0.25) is 0 Å². The highest BCUT2D eigenvalue weighted by atomic mass is 31.2. The molecule has 0 saturated carbocycles. The molecule has 3 aromatic rings. The quantitative estimate of drug-likeness (QED) is 0.191. The molecule has 0 aromatic heterocycles. The molecule has 4 unspecified atom stereocenters. The largest absolute Gasteiger partial charge is 0.497 e. The van der Waals surface area contributed by atoms with Crippen molar-refractivity contribution >= 4 is 15.7 Å². The van der Waals surface area contributed by atoms with Gasteiger partial charge in [-0.2, -0.15) is 0 Å². The van der Waals surface area contributed by atoms with Crippen molar-refractivity contribution in [2.45, 2.75) is 36.5 Å². The van der Waals surface area contributed by atoms with Crippen molar-refractivity contribution in [3.63, 3.8) is 0 Å². The highest BCUT2D eigenvalue weighted by Crippen LogP contribution is 2.47. The Morgan fingerprint density at radius 1 is 0.947 bits per heavy atom. The maximum absolute atomic E-state index is 12.2. The van der Waals surface area contributed by atoms with E-state index in [9.17, 15) is 19.7 Å². The fourth-order valence-corrected chi connectivity index (χ4v) is 5.18. The van der Waals surface area contributed by atoms with E-state index in [-0.39, 0.29) is 13.2 Å². The summed E-state index contributed by atoms with van der Waals surface area (Å²) >= 11 is 0. The van der Waals surface area contributed by atoms with E-state index in [1.54, 1.807) is 19.2 Å². The second-order valence-electron chi connectivity index (χ2n) is 8.79. The Morgan fingerprint density at radius 3 is 2.08 bits per heavy atom. The summed E-state index contributed by atoms with van der Waals surface area (Å²) in [4.78, 5) is 9.90. The lowest BCUT2D eigenvalue weighted by Crippen LogP contribution is -2.40. The number of phosphoric ester groups is 1. The van der Waals surface area contributed by atoms with Gasteiger partial charge in [0, 0.05) is 13.1 Å². The van der Waals surface area contributed by atoms with Gasteiger partial charge in [-0.25, -0.2) is 4.57 Å². The summed E-state index contributed by atoms with van der Waals surface area (Å²) in [6, 6.07) is 23.0. The van der Waals surface area contributed by atoms with E-state index in [4.69, 9.17) is 26.6 Å². The number of aliphatic hydroxyl groups excluding tert-OH is 2. The average molecular weight is 540 g/mol. The minimum atomic E-state index is -4.47. The van der Waals surface area contributed by atoms with Crippen molar-refractivity contribution in [1.29, 1.82) is 0 Å². The SMILES string of the molecule is [B][C@@H]1O[C@H](COC(c2ccccc2)(c2ccc(CO)cc2)c2ccc(OC)cc2)C(OP(=O)(O)OC)C1O. The molecular weight excluding hydrogens is 510 g/mol. The fourth-order valence-electron chi connectivity index (χ4n) is 4.53. The predicted molar refractivity (Wildman–Crippen MR) is 140 cm³/mol. The third kappa shape index (κ3) is 5.88. The lowest BCUT2D eigenvalue weighted by atomic mass is 9.79. The molecule has 6 atom stereocenters. The van der Waals surface area contributed by atoms with Gasteiger partial charge in [-0.3, -0.25) is 9.05 Å². The molecule has 0 spiro atoms. The number of phosphoric acid groups is 1. The van der Waals surface area contributed by atoms with E-state index in [2.05, 4.69) is 4.52 Å². The zero-order valence-corrected chi connectivity index (χ0v) is 21.9. The standard InChI is InChI=1S/C27H30BO9P/c1-33-22-14-12-21(13-15-22)27(19-6-4-3-5-7-19,20-10-8-18(16-29)9-11-20)35-17-23-25(24(30)26(28)36-23)37-38(31,32)34-2/h3-15,23-26,29-30H,16-17H2,1-2H3,(H,31,32)/t23-,24?,25?,26-,27?/m1/s1. The number of hydrogen-bond donors (Lipinski definition) is 3. The first kappa shape index (κ1) is 28.5. The monoisotopic (exact) mass is 540 g/mol. The lowest BCUT2D eigenvalue weighted by molar-refractivity contribution is -0.0744. The number of hydrogen-bond acceptors (Lipinski definition) is 8. The maximum atomic E-state index is 12.2. The van der Waals surface area contributed by atoms with Gasteiger partial charge in [-0.15, -0.1) is 0 Å². The van der Waals surface area contributed by atoms with Crippen LogP contribution in [0.25, 0.3) is 0 Å². The highest BCUT2D eigenvalue weighted by molar-refractivity contribution is 7.47. The molecular formula is C27H30BO9P. The van der Waals surface area contributed by atoms with Crippen LogP contribution in [-0.4, -0.2) is 68.1 Å². The normalized spacial score (nSPS) is 24.4. The van der Waals surface area contributed by atoms with Gasteiger partial charge in [0.1, 0.15) is 37.5 Å². The van der Waals surface area contributed by atoms with Gasteiger partial charge in [0.05, 0.1) is 20.3 Å². The second-order valence-corrected chi connectivity index (χ2v) is 10.3. The summed E-state index contributed by atoms with van der Waals surface area (Å²) in [6.45, 7) is -0.296. The van der Waals surface area contributed by atoms with Crippen molar-refractivity contribution < 1.29 is 42.9 Å². The molecule has 1 fully saturated rings. The molecule has 4 rings (SSSR count). The Balaban J connectivity index is 1.80. The third-order valence-corrected chi connectivity index (χ3v) is 7.51. The van der Waals surface area contributed by atoms with Crippen LogP contribution < -0.4 is 4.74 Å². The predicted octanol–water partition coefficient (Wildman–Crippen LogP) is 2.88. The van der Waals surface area contributed by atoms with E-state index >= 15 is 0 Å². The van der Waals surface area contributed by atoms with Crippen molar-refractivity contribution in [1.82, 2.24) is 0 Å². The summed E-state index contributed by atoms with van der Waals surface area (Å²) in [6.07, 6.45) is -3.69. The summed E-state index contributed by atoms with van der Waals surface area (Å²) in [7, 11) is 4.03. The number of methoxy groups -OCH3 is 1. The molecule has 0 bridgehead atoms. The smallest absolute Gasteiger partial charge is 0.472 e. The highest BCUT2D eigenvalue weighted by Gasteiger charge is 2.47. The molecule has 38 heavy (non-hydrogen) atoms. The molecule has 200 valence electrons. The zero-order chi connectivity index (χ0) is 27.3. The first-order chi connectivity index (χ1) is 18.2. The minimum absolute atomic E-state index is 0.118. The molecule has 1 aliphatic rings. The van der Waals surface area contributed by atoms with Gasteiger partial charge in [-0.1, -0.05) is 66.7 Å². The zero-order valence-electron chi connectivity index (χ0n) is 21.0. The Labute approximate surface area is 222 Å². The number of rotatable bonds is 11. The van der Waals surface area contributed by atoms with Crippen LogP contribution in [0.1, 0.15) is 22.3 Å². The van der Waals surface area contributed by atoms with Crippen LogP contribution in [0.2, 0.25) is 0 Å². The molecule has 3 N–H and O–H groups in total. The average Bonchev–Trinajstić information content (AvgIpc) is 3.21. The fraction of sp³-hybridized carbons (Fsp3) is 0.333. The van der Waals surface area contributed by atoms with Crippen LogP contribution in [0, 0.1) is 0 Å². The van der Waals surface area contributed by atoms with Crippen LogP contribution in [-0.2, 0) is 35.3 Å².